The highest BCUT2D eigenvalue weighted by molar-refractivity contribution is 6.31. The van der Waals surface area contributed by atoms with Crippen molar-refractivity contribution in [3.05, 3.63) is 59.8 Å². The van der Waals surface area contributed by atoms with E-state index in [0.29, 0.717) is 28.2 Å². The van der Waals surface area contributed by atoms with E-state index in [0.717, 1.165) is 22.5 Å². The van der Waals surface area contributed by atoms with Crippen molar-refractivity contribution in [1.29, 1.82) is 0 Å². The van der Waals surface area contributed by atoms with Gasteiger partial charge in [0.25, 0.3) is 0 Å². The molecule has 4 aromatic rings. The molecule has 29 heavy (non-hydrogen) atoms. The smallest absolute Gasteiger partial charge is 0.245 e. The lowest BCUT2D eigenvalue weighted by molar-refractivity contribution is 0.395. The molecule has 1 N–H and O–H groups in total. The van der Waals surface area contributed by atoms with E-state index in [9.17, 15) is 0 Å². The number of benzene rings is 2. The summed E-state index contributed by atoms with van der Waals surface area (Å²) in [5.41, 5.74) is 3.27. The molecule has 0 aliphatic heterocycles. The van der Waals surface area contributed by atoms with Gasteiger partial charge in [-0.25, -0.2) is 9.50 Å². The highest BCUT2D eigenvalue weighted by atomic mass is 35.5. The van der Waals surface area contributed by atoms with Gasteiger partial charge in [-0.05, 0) is 30.3 Å². The molecule has 0 radical (unpaired) electrons. The molecular weight excluding hydrogens is 392 g/mol. The zero-order chi connectivity index (χ0) is 20.4. The topological polar surface area (TPSA) is 69.9 Å². The van der Waals surface area contributed by atoms with Crippen LogP contribution in [0.5, 0.6) is 17.2 Å². The Hall–Kier alpha value is -3.45. The van der Waals surface area contributed by atoms with Crippen molar-refractivity contribution in [2.24, 2.45) is 0 Å². The minimum Gasteiger partial charge on any atom is -0.497 e. The lowest BCUT2D eigenvalue weighted by Gasteiger charge is -2.11. The Kier molecular flexibility index (Phi) is 5.14. The predicted octanol–water partition coefficient (Wildman–Crippen LogP) is 4.82. The highest BCUT2D eigenvalue weighted by Gasteiger charge is 2.13. The van der Waals surface area contributed by atoms with Gasteiger partial charge in [-0.15, -0.1) is 5.10 Å². The maximum Gasteiger partial charge on any atom is 0.245 e. The van der Waals surface area contributed by atoms with Crippen LogP contribution in [0.25, 0.3) is 16.8 Å². The Balaban J connectivity index is 1.76. The van der Waals surface area contributed by atoms with Gasteiger partial charge in [-0.3, -0.25) is 0 Å². The number of rotatable bonds is 6. The summed E-state index contributed by atoms with van der Waals surface area (Å²) in [6.07, 6.45) is 1.74. The standard InChI is InChI=1S/C21H19ClN4O3/c1-27-16-9-14(10-17(11-16)28-2)24-21-23-12-15-5-6-19(26(15)25-21)18-8-13(22)4-7-20(18)29-3/h4-12H,1-3H3,(H,24,25). The van der Waals surface area contributed by atoms with Crippen LogP contribution < -0.4 is 19.5 Å². The fourth-order valence-corrected chi connectivity index (χ4v) is 3.22. The normalized spacial score (nSPS) is 10.8. The number of hydrogen-bond acceptors (Lipinski definition) is 6. The van der Waals surface area contributed by atoms with Crippen LogP contribution in [0.1, 0.15) is 0 Å². The van der Waals surface area contributed by atoms with Crippen LogP contribution in [0.4, 0.5) is 11.6 Å². The number of nitrogens with zero attached hydrogens (tertiary/aromatic N) is 3. The van der Waals surface area contributed by atoms with Crippen molar-refractivity contribution < 1.29 is 14.2 Å². The zero-order valence-corrected chi connectivity index (χ0v) is 16.9. The summed E-state index contributed by atoms with van der Waals surface area (Å²) < 4.78 is 17.9. The second-order valence-corrected chi connectivity index (χ2v) is 6.64. The van der Waals surface area contributed by atoms with E-state index in [1.54, 1.807) is 44.2 Å². The van der Waals surface area contributed by atoms with Crippen LogP contribution in [0.3, 0.4) is 0 Å². The number of methoxy groups -OCH3 is 3. The number of aromatic nitrogens is 3. The fraction of sp³-hybridized carbons (Fsp3) is 0.143. The van der Waals surface area contributed by atoms with Crippen LogP contribution in [-0.4, -0.2) is 35.9 Å². The van der Waals surface area contributed by atoms with Crippen molar-refractivity contribution in [3.63, 3.8) is 0 Å². The first kappa shape index (κ1) is 18.9. The largest absolute Gasteiger partial charge is 0.497 e. The molecule has 0 amide bonds. The molecule has 0 saturated heterocycles. The molecule has 0 bridgehead atoms. The SMILES string of the molecule is COc1cc(Nc2ncc3ccc(-c4cc(Cl)ccc4OC)n3n2)cc(OC)c1. The van der Waals surface area contributed by atoms with Crippen molar-refractivity contribution in [2.75, 3.05) is 26.6 Å². The second-order valence-electron chi connectivity index (χ2n) is 6.21. The summed E-state index contributed by atoms with van der Waals surface area (Å²) >= 11 is 6.20. The van der Waals surface area contributed by atoms with E-state index in [4.69, 9.17) is 25.8 Å². The van der Waals surface area contributed by atoms with Gasteiger partial charge in [0.15, 0.2) is 0 Å². The summed E-state index contributed by atoms with van der Waals surface area (Å²) in [5.74, 6) is 2.46. The van der Waals surface area contributed by atoms with Gasteiger partial charge < -0.3 is 19.5 Å². The molecule has 2 aromatic heterocycles. The quantitative estimate of drug-likeness (QED) is 0.491. The Morgan fingerprint density at radius 2 is 1.66 bits per heavy atom. The highest BCUT2D eigenvalue weighted by Crippen LogP contribution is 2.33. The third-order valence-corrected chi connectivity index (χ3v) is 4.68. The lowest BCUT2D eigenvalue weighted by Crippen LogP contribution is -2.03. The Morgan fingerprint density at radius 3 is 2.34 bits per heavy atom. The summed E-state index contributed by atoms with van der Waals surface area (Å²) in [4.78, 5) is 4.40. The molecule has 0 aliphatic rings. The first-order valence-corrected chi connectivity index (χ1v) is 9.18. The molecule has 2 heterocycles. The number of anilines is 2. The van der Waals surface area contributed by atoms with Crippen LogP contribution in [-0.2, 0) is 0 Å². The molecule has 0 aliphatic carbocycles. The van der Waals surface area contributed by atoms with Crippen molar-refractivity contribution in [3.8, 4) is 28.5 Å². The van der Waals surface area contributed by atoms with Gasteiger partial charge in [0.05, 0.1) is 38.7 Å². The minimum atomic E-state index is 0.422. The van der Waals surface area contributed by atoms with Gasteiger partial charge >= 0.3 is 0 Å². The summed E-state index contributed by atoms with van der Waals surface area (Å²) in [6.45, 7) is 0. The third kappa shape index (κ3) is 3.77. The van der Waals surface area contributed by atoms with Crippen LogP contribution in [0.2, 0.25) is 5.02 Å². The Morgan fingerprint density at radius 1 is 0.897 bits per heavy atom. The number of nitrogens with one attached hydrogen (secondary N) is 1. The van der Waals surface area contributed by atoms with Gasteiger partial charge in [-0.2, -0.15) is 0 Å². The zero-order valence-electron chi connectivity index (χ0n) is 16.1. The number of halogens is 1. The van der Waals surface area contributed by atoms with Crippen LogP contribution >= 0.6 is 11.6 Å². The van der Waals surface area contributed by atoms with E-state index >= 15 is 0 Å². The van der Waals surface area contributed by atoms with Crippen LogP contribution in [0.15, 0.2) is 54.7 Å². The number of hydrogen-bond donors (Lipinski definition) is 1. The Bertz CT molecular complexity index is 1150. The van der Waals surface area contributed by atoms with Gasteiger partial charge in [-0.1, -0.05) is 11.6 Å². The maximum absolute atomic E-state index is 6.20. The van der Waals surface area contributed by atoms with Gasteiger partial charge in [0.1, 0.15) is 17.2 Å². The average Bonchev–Trinajstić information content (AvgIpc) is 3.16. The molecule has 0 unspecified atom stereocenters. The molecule has 148 valence electrons. The molecule has 0 spiro atoms. The fourth-order valence-electron chi connectivity index (χ4n) is 3.05. The minimum absolute atomic E-state index is 0.422. The summed E-state index contributed by atoms with van der Waals surface area (Å²) in [5, 5.41) is 8.45. The molecule has 0 atom stereocenters. The molecule has 4 rings (SSSR count). The maximum atomic E-state index is 6.20. The van der Waals surface area contributed by atoms with Crippen molar-refractivity contribution in [1.82, 2.24) is 14.6 Å². The monoisotopic (exact) mass is 410 g/mol. The second kappa shape index (κ2) is 7.89. The van der Waals surface area contributed by atoms with Gasteiger partial charge in [0.2, 0.25) is 5.95 Å². The third-order valence-electron chi connectivity index (χ3n) is 4.44. The van der Waals surface area contributed by atoms with E-state index in [1.807, 2.05) is 36.4 Å². The predicted molar refractivity (Wildman–Crippen MR) is 113 cm³/mol. The summed E-state index contributed by atoms with van der Waals surface area (Å²) in [7, 11) is 4.83. The van der Waals surface area contributed by atoms with E-state index in [-0.39, 0.29) is 0 Å². The van der Waals surface area contributed by atoms with E-state index in [1.165, 1.54) is 0 Å². The van der Waals surface area contributed by atoms with Crippen molar-refractivity contribution in [2.45, 2.75) is 0 Å². The van der Waals surface area contributed by atoms with Crippen LogP contribution in [0, 0.1) is 0 Å². The first-order valence-electron chi connectivity index (χ1n) is 8.80. The molecule has 7 nitrogen and oxygen atoms in total. The molecule has 8 heteroatoms. The first-order chi connectivity index (χ1) is 14.1. The van der Waals surface area contributed by atoms with Gasteiger partial charge in [0, 0.05) is 34.5 Å². The molecule has 0 fully saturated rings. The summed E-state index contributed by atoms with van der Waals surface area (Å²) in [6, 6.07) is 14.8. The number of ether oxygens (including phenoxy) is 3. The van der Waals surface area contributed by atoms with Crippen molar-refractivity contribution >= 4 is 28.8 Å². The average molecular weight is 411 g/mol. The molecular formula is C21H19ClN4O3. The Labute approximate surface area is 172 Å². The van der Waals surface area contributed by atoms with E-state index in [2.05, 4.69) is 15.4 Å². The lowest BCUT2D eigenvalue weighted by atomic mass is 10.1. The van der Waals surface area contributed by atoms with E-state index < -0.39 is 0 Å². The molecule has 2 aromatic carbocycles. The number of fused-ring (bicyclic) bond motifs is 1. The molecule has 0 saturated carbocycles.